The Labute approximate surface area is 187 Å². The Hall–Kier alpha value is -2.29. The van der Waals surface area contributed by atoms with E-state index in [0.29, 0.717) is 11.8 Å². The van der Waals surface area contributed by atoms with Gasteiger partial charge in [0.15, 0.2) is 0 Å². The molecule has 1 heterocycles. The van der Waals surface area contributed by atoms with Gasteiger partial charge in [0.2, 0.25) is 0 Å². The van der Waals surface area contributed by atoms with Gasteiger partial charge >= 0.3 is 5.97 Å². The monoisotopic (exact) mass is 419 g/mol. The van der Waals surface area contributed by atoms with Crippen LogP contribution in [0.4, 0.5) is 0 Å². The van der Waals surface area contributed by atoms with Crippen LogP contribution in [0.1, 0.15) is 71.3 Å². The smallest absolute Gasteiger partial charge is 0.302 e. The van der Waals surface area contributed by atoms with Crippen molar-refractivity contribution in [1.82, 2.24) is 4.98 Å². The van der Waals surface area contributed by atoms with Crippen molar-refractivity contribution in [2.45, 2.75) is 78.2 Å². The van der Waals surface area contributed by atoms with E-state index in [0.717, 1.165) is 38.5 Å². The third-order valence-electron chi connectivity index (χ3n) is 7.87. The third kappa shape index (κ3) is 4.24. The zero-order valence-electron chi connectivity index (χ0n) is 19.4. The number of hydrogen-bond donors (Lipinski definition) is 1. The van der Waals surface area contributed by atoms with Crippen molar-refractivity contribution in [3.63, 3.8) is 0 Å². The fourth-order valence-corrected chi connectivity index (χ4v) is 6.56. The van der Waals surface area contributed by atoms with E-state index in [4.69, 9.17) is 4.74 Å². The Morgan fingerprint density at radius 2 is 2.03 bits per heavy atom. The van der Waals surface area contributed by atoms with Crippen LogP contribution in [0.2, 0.25) is 0 Å². The molecular weight excluding hydrogens is 382 g/mol. The van der Waals surface area contributed by atoms with Gasteiger partial charge in [-0.05, 0) is 88.7 Å². The summed E-state index contributed by atoms with van der Waals surface area (Å²) in [5, 5.41) is 1.30. The van der Waals surface area contributed by atoms with Crippen LogP contribution in [0, 0.1) is 17.3 Å². The fraction of sp³-hybridized carbons (Fsp3) is 0.536. The van der Waals surface area contributed by atoms with Crippen molar-refractivity contribution in [2.75, 3.05) is 0 Å². The number of ether oxygens (including phenoxy) is 1. The molecule has 0 bridgehead atoms. The molecule has 1 N–H and O–H groups in total. The first kappa shape index (κ1) is 21.9. The first-order valence-electron chi connectivity index (χ1n) is 11.9. The number of esters is 1. The van der Waals surface area contributed by atoms with E-state index in [1.165, 1.54) is 40.5 Å². The molecule has 3 heteroatoms. The van der Waals surface area contributed by atoms with Gasteiger partial charge in [-0.15, -0.1) is 0 Å². The highest BCUT2D eigenvalue weighted by atomic mass is 16.5. The number of carbonyl (C=O) groups is 1. The summed E-state index contributed by atoms with van der Waals surface area (Å²) in [5.41, 5.74) is 5.22. The number of carbonyl (C=O) groups excluding carboxylic acids is 1. The molecule has 1 aromatic heterocycles. The minimum absolute atomic E-state index is 0.0124. The van der Waals surface area contributed by atoms with Gasteiger partial charge in [-0.2, -0.15) is 0 Å². The van der Waals surface area contributed by atoms with E-state index in [2.05, 4.69) is 61.9 Å². The van der Waals surface area contributed by atoms with Crippen LogP contribution in [0.5, 0.6) is 0 Å². The maximum absolute atomic E-state index is 12.1. The molecule has 1 unspecified atom stereocenters. The second-order valence-electron chi connectivity index (χ2n) is 9.97. The summed E-state index contributed by atoms with van der Waals surface area (Å²) in [7, 11) is 0. The lowest BCUT2D eigenvalue weighted by atomic mass is 9.49. The number of rotatable bonds is 6. The Morgan fingerprint density at radius 1 is 1.23 bits per heavy atom. The Morgan fingerprint density at radius 3 is 2.81 bits per heavy atom. The maximum Gasteiger partial charge on any atom is 0.302 e. The molecule has 166 valence electrons. The van der Waals surface area contributed by atoms with Crippen molar-refractivity contribution in [1.29, 1.82) is 0 Å². The average Bonchev–Trinajstić information content (AvgIpc) is 3.13. The van der Waals surface area contributed by atoms with E-state index in [1.807, 2.05) is 0 Å². The molecule has 2 aromatic rings. The molecular formula is C28H37NO2. The first-order chi connectivity index (χ1) is 14.9. The SMILES string of the molecule is C=C1CCC2CCC[C@H](OC(C)=O)[C@@]2(CCC=C(C)C)[C@@H]1Cc1c[nH]c2ccccc12. The number of benzene rings is 1. The van der Waals surface area contributed by atoms with Crippen LogP contribution < -0.4 is 0 Å². The fourth-order valence-electron chi connectivity index (χ4n) is 6.56. The number of aromatic nitrogens is 1. The third-order valence-corrected chi connectivity index (χ3v) is 7.87. The largest absolute Gasteiger partial charge is 0.462 e. The zero-order chi connectivity index (χ0) is 22.0. The molecule has 31 heavy (non-hydrogen) atoms. The molecule has 1 aromatic carbocycles. The molecule has 2 saturated carbocycles. The zero-order valence-corrected chi connectivity index (χ0v) is 19.4. The number of nitrogens with one attached hydrogen (secondary N) is 1. The lowest BCUT2D eigenvalue weighted by molar-refractivity contribution is -0.171. The van der Waals surface area contributed by atoms with Gasteiger partial charge in [-0.1, -0.05) is 42.0 Å². The lowest BCUT2D eigenvalue weighted by Gasteiger charge is -2.57. The molecule has 0 radical (unpaired) electrons. The number of para-hydroxylation sites is 1. The lowest BCUT2D eigenvalue weighted by Crippen LogP contribution is -2.54. The van der Waals surface area contributed by atoms with Gasteiger partial charge in [0.05, 0.1) is 0 Å². The van der Waals surface area contributed by atoms with Gasteiger partial charge in [0.25, 0.3) is 0 Å². The van der Waals surface area contributed by atoms with E-state index < -0.39 is 0 Å². The minimum atomic E-state index is -0.144. The predicted molar refractivity (Wildman–Crippen MR) is 128 cm³/mol. The quantitative estimate of drug-likeness (QED) is 0.399. The highest BCUT2D eigenvalue weighted by molar-refractivity contribution is 5.83. The van der Waals surface area contributed by atoms with Crippen molar-refractivity contribution in [2.24, 2.45) is 17.3 Å². The van der Waals surface area contributed by atoms with Crippen molar-refractivity contribution in [3.05, 3.63) is 59.8 Å². The normalized spacial score (nSPS) is 28.2. The second kappa shape index (κ2) is 9.06. The van der Waals surface area contributed by atoms with Crippen molar-refractivity contribution < 1.29 is 9.53 Å². The Bertz CT molecular complexity index is 980. The van der Waals surface area contributed by atoms with Crippen molar-refractivity contribution in [3.8, 4) is 0 Å². The standard InChI is InChI=1S/C28H37NO2/c1-19(2)9-8-16-28-23(10-7-13-27(28)31-21(4)30)15-14-20(3)25(28)17-22-18-29-26-12-6-5-11-24(22)26/h5-6,9,11-12,18,23,25,27,29H,3,7-8,10,13-17H2,1-2,4H3/t23?,25-,27+,28-/m1/s1. The molecule has 2 fully saturated rings. The van der Waals surface area contributed by atoms with Crippen LogP contribution >= 0.6 is 0 Å². The Balaban J connectivity index is 1.76. The van der Waals surface area contributed by atoms with E-state index in [1.54, 1.807) is 6.92 Å². The summed E-state index contributed by atoms with van der Waals surface area (Å²) in [6, 6.07) is 8.55. The summed E-state index contributed by atoms with van der Waals surface area (Å²) in [5.74, 6) is 0.784. The molecule has 4 rings (SSSR count). The number of allylic oxidation sites excluding steroid dienone is 3. The van der Waals surface area contributed by atoms with Crippen LogP contribution in [-0.2, 0) is 16.0 Å². The predicted octanol–water partition coefficient (Wildman–Crippen LogP) is 7.14. The molecule has 2 aliphatic carbocycles. The minimum Gasteiger partial charge on any atom is -0.462 e. The summed E-state index contributed by atoms with van der Waals surface area (Å²) in [6.45, 7) is 10.5. The Kier molecular flexibility index (Phi) is 6.41. The van der Waals surface area contributed by atoms with Crippen LogP contribution in [0.25, 0.3) is 10.9 Å². The summed E-state index contributed by atoms with van der Waals surface area (Å²) in [6.07, 6.45) is 13.2. The number of H-pyrrole nitrogens is 1. The van der Waals surface area contributed by atoms with E-state index >= 15 is 0 Å². The molecule has 3 nitrogen and oxygen atoms in total. The molecule has 0 saturated heterocycles. The molecule has 2 aliphatic rings. The molecule has 0 spiro atoms. The molecule has 0 amide bonds. The topological polar surface area (TPSA) is 42.1 Å². The number of hydrogen-bond acceptors (Lipinski definition) is 2. The van der Waals surface area contributed by atoms with Gasteiger partial charge in [-0.25, -0.2) is 0 Å². The van der Waals surface area contributed by atoms with Crippen LogP contribution in [-0.4, -0.2) is 17.1 Å². The van der Waals surface area contributed by atoms with Gasteiger partial charge < -0.3 is 9.72 Å². The van der Waals surface area contributed by atoms with Gasteiger partial charge in [0, 0.05) is 29.4 Å². The van der Waals surface area contributed by atoms with Gasteiger partial charge in [-0.3, -0.25) is 4.79 Å². The highest BCUT2D eigenvalue weighted by Gasteiger charge is 2.55. The van der Waals surface area contributed by atoms with Gasteiger partial charge in [0.1, 0.15) is 6.10 Å². The maximum atomic E-state index is 12.1. The number of fused-ring (bicyclic) bond motifs is 2. The molecule has 4 atom stereocenters. The van der Waals surface area contributed by atoms with E-state index in [9.17, 15) is 4.79 Å². The number of aromatic amines is 1. The van der Waals surface area contributed by atoms with Crippen LogP contribution in [0.3, 0.4) is 0 Å². The van der Waals surface area contributed by atoms with Crippen LogP contribution in [0.15, 0.2) is 54.3 Å². The highest BCUT2D eigenvalue weighted by Crippen LogP contribution is 2.59. The first-order valence-corrected chi connectivity index (χ1v) is 11.9. The molecule has 0 aliphatic heterocycles. The second-order valence-corrected chi connectivity index (χ2v) is 9.97. The summed E-state index contributed by atoms with van der Waals surface area (Å²) >= 11 is 0. The summed E-state index contributed by atoms with van der Waals surface area (Å²) < 4.78 is 6.10. The average molecular weight is 420 g/mol. The van der Waals surface area contributed by atoms with E-state index in [-0.39, 0.29) is 17.5 Å². The van der Waals surface area contributed by atoms with Crippen molar-refractivity contribution >= 4 is 16.9 Å². The summed E-state index contributed by atoms with van der Waals surface area (Å²) in [4.78, 5) is 15.6.